The molecule has 1 aliphatic carbocycles. The van der Waals surface area contributed by atoms with Crippen LogP contribution in [0.1, 0.15) is 44.1 Å². The Balaban J connectivity index is 1.87. The van der Waals surface area contributed by atoms with E-state index in [0.717, 1.165) is 22.4 Å². The van der Waals surface area contributed by atoms with Crippen LogP contribution in [0.25, 0.3) is 0 Å². The van der Waals surface area contributed by atoms with Gasteiger partial charge in [-0.2, -0.15) is 0 Å². The molecule has 0 radical (unpaired) electrons. The predicted octanol–water partition coefficient (Wildman–Crippen LogP) is 4.43. The third kappa shape index (κ3) is 4.06. The van der Waals surface area contributed by atoms with Crippen molar-refractivity contribution in [2.75, 3.05) is 0 Å². The maximum Gasteiger partial charge on any atom is 0.127 e. The van der Waals surface area contributed by atoms with Crippen LogP contribution in [0, 0.1) is 11.7 Å². The van der Waals surface area contributed by atoms with Crippen molar-refractivity contribution in [1.29, 1.82) is 0 Å². The van der Waals surface area contributed by atoms with E-state index in [1.54, 1.807) is 0 Å². The molecule has 0 saturated heterocycles. The molecule has 18 heavy (non-hydrogen) atoms. The van der Waals surface area contributed by atoms with E-state index in [0.29, 0.717) is 6.42 Å². The fourth-order valence-corrected chi connectivity index (χ4v) is 3.24. The Bertz CT molecular complexity index is 388. The van der Waals surface area contributed by atoms with Crippen LogP contribution in [0.15, 0.2) is 22.7 Å². The van der Waals surface area contributed by atoms with E-state index >= 15 is 0 Å². The number of benzene rings is 1. The fraction of sp³-hybridized carbons (Fsp3) is 0.600. The molecule has 0 amide bonds. The van der Waals surface area contributed by atoms with Crippen LogP contribution < -0.4 is 5.73 Å². The summed E-state index contributed by atoms with van der Waals surface area (Å²) < 4.78 is 14.5. The van der Waals surface area contributed by atoms with Gasteiger partial charge >= 0.3 is 0 Å². The zero-order chi connectivity index (χ0) is 13.0. The van der Waals surface area contributed by atoms with Gasteiger partial charge in [-0.3, -0.25) is 0 Å². The number of nitrogens with two attached hydrogens (primary N) is 1. The first-order valence-corrected chi connectivity index (χ1v) is 7.64. The van der Waals surface area contributed by atoms with E-state index in [-0.39, 0.29) is 11.9 Å². The first kappa shape index (κ1) is 14.0. The van der Waals surface area contributed by atoms with Crippen LogP contribution >= 0.6 is 15.9 Å². The molecule has 0 spiro atoms. The third-order valence-electron chi connectivity index (χ3n) is 3.86. The van der Waals surface area contributed by atoms with Gasteiger partial charge in [-0.25, -0.2) is 4.39 Å². The van der Waals surface area contributed by atoms with Gasteiger partial charge in [0.25, 0.3) is 0 Å². The zero-order valence-electron chi connectivity index (χ0n) is 10.7. The van der Waals surface area contributed by atoms with Gasteiger partial charge in [0.1, 0.15) is 5.82 Å². The van der Waals surface area contributed by atoms with Gasteiger partial charge in [0.05, 0.1) is 0 Å². The summed E-state index contributed by atoms with van der Waals surface area (Å²) in [5.41, 5.74) is 6.90. The molecule has 2 rings (SSSR count). The van der Waals surface area contributed by atoms with Crippen LogP contribution in [-0.2, 0) is 6.42 Å². The number of rotatable bonds is 4. The lowest BCUT2D eigenvalue weighted by Crippen LogP contribution is -2.27. The fourth-order valence-electron chi connectivity index (χ4n) is 2.90. The van der Waals surface area contributed by atoms with Crippen molar-refractivity contribution >= 4 is 15.9 Å². The second kappa shape index (κ2) is 6.67. The first-order valence-electron chi connectivity index (χ1n) is 6.84. The maximum absolute atomic E-state index is 13.7. The van der Waals surface area contributed by atoms with E-state index in [4.69, 9.17) is 5.73 Å². The van der Waals surface area contributed by atoms with E-state index in [1.807, 2.05) is 12.1 Å². The Morgan fingerprint density at radius 1 is 1.28 bits per heavy atom. The average molecular weight is 314 g/mol. The molecule has 1 unspecified atom stereocenters. The first-order chi connectivity index (χ1) is 8.65. The van der Waals surface area contributed by atoms with Gasteiger partial charge in [0.15, 0.2) is 0 Å². The molecule has 1 saturated carbocycles. The second-order valence-electron chi connectivity index (χ2n) is 5.44. The Morgan fingerprint density at radius 2 is 2.00 bits per heavy atom. The average Bonchev–Trinajstić information content (AvgIpc) is 2.34. The van der Waals surface area contributed by atoms with Crippen molar-refractivity contribution in [2.45, 2.75) is 51.0 Å². The molecule has 1 aromatic carbocycles. The van der Waals surface area contributed by atoms with Crippen molar-refractivity contribution < 1.29 is 4.39 Å². The normalized spacial score (nSPS) is 18.8. The predicted molar refractivity (Wildman–Crippen MR) is 77.0 cm³/mol. The van der Waals surface area contributed by atoms with Crippen LogP contribution in [0.4, 0.5) is 4.39 Å². The summed E-state index contributed by atoms with van der Waals surface area (Å²) in [6.45, 7) is 0. The molecule has 1 atom stereocenters. The maximum atomic E-state index is 13.7. The largest absolute Gasteiger partial charge is 0.327 e. The third-order valence-corrected chi connectivity index (χ3v) is 4.35. The lowest BCUT2D eigenvalue weighted by Gasteiger charge is -2.24. The van der Waals surface area contributed by atoms with Crippen molar-refractivity contribution in [3.8, 4) is 0 Å². The van der Waals surface area contributed by atoms with Crippen molar-refractivity contribution in [3.63, 3.8) is 0 Å². The van der Waals surface area contributed by atoms with Gasteiger partial charge in [0.2, 0.25) is 0 Å². The number of hydrogen-bond donors (Lipinski definition) is 1. The quantitative estimate of drug-likeness (QED) is 0.874. The summed E-state index contributed by atoms with van der Waals surface area (Å²) in [5, 5.41) is 0. The molecule has 0 heterocycles. The molecule has 0 aliphatic heterocycles. The molecule has 1 aromatic rings. The summed E-state index contributed by atoms with van der Waals surface area (Å²) in [7, 11) is 0. The van der Waals surface area contributed by atoms with Crippen LogP contribution in [0.5, 0.6) is 0 Å². The van der Waals surface area contributed by atoms with E-state index < -0.39 is 0 Å². The van der Waals surface area contributed by atoms with E-state index in [9.17, 15) is 4.39 Å². The minimum atomic E-state index is -0.150. The molecular formula is C15H21BrFN. The summed E-state index contributed by atoms with van der Waals surface area (Å²) in [5.74, 6) is 0.607. The summed E-state index contributed by atoms with van der Waals surface area (Å²) >= 11 is 3.27. The second-order valence-corrected chi connectivity index (χ2v) is 6.36. The van der Waals surface area contributed by atoms with Crippen molar-refractivity contribution in [2.24, 2.45) is 11.7 Å². The van der Waals surface area contributed by atoms with Gasteiger partial charge in [-0.1, -0.05) is 54.1 Å². The summed E-state index contributed by atoms with van der Waals surface area (Å²) in [6, 6.07) is 5.32. The van der Waals surface area contributed by atoms with E-state index in [2.05, 4.69) is 15.9 Å². The van der Waals surface area contributed by atoms with Gasteiger partial charge in [0, 0.05) is 10.5 Å². The van der Waals surface area contributed by atoms with E-state index in [1.165, 1.54) is 38.2 Å². The SMILES string of the molecule is NC(Cc1ccc(Br)cc1F)CC1CCCCC1. The summed E-state index contributed by atoms with van der Waals surface area (Å²) in [4.78, 5) is 0. The molecular weight excluding hydrogens is 293 g/mol. The topological polar surface area (TPSA) is 26.0 Å². The molecule has 0 aromatic heterocycles. The molecule has 3 heteroatoms. The molecule has 1 fully saturated rings. The van der Waals surface area contributed by atoms with Gasteiger partial charge < -0.3 is 5.73 Å². The van der Waals surface area contributed by atoms with Crippen LogP contribution in [-0.4, -0.2) is 6.04 Å². The number of hydrogen-bond acceptors (Lipinski definition) is 1. The summed E-state index contributed by atoms with van der Waals surface area (Å²) in [6.07, 6.45) is 8.33. The Hall–Kier alpha value is -0.410. The van der Waals surface area contributed by atoms with Crippen molar-refractivity contribution in [3.05, 3.63) is 34.1 Å². The molecule has 0 bridgehead atoms. The highest BCUT2D eigenvalue weighted by Gasteiger charge is 2.17. The Kier molecular flexibility index (Phi) is 5.19. The minimum absolute atomic E-state index is 0.0868. The van der Waals surface area contributed by atoms with Crippen LogP contribution in [0.2, 0.25) is 0 Å². The molecule has 100 valence electrons. The van der Waals surface area contributed by atoms with Gasteiger partial charge in [-0.05, 0) is 36.5 Å². The lowest BCUT2D eigenvalue weighted by molar-refractivity contribution is 0.316. The molecule has 1 aliphatic rings. The number of halogens is 2. The highest BCUT2D eigenvalue weighted by molar-refractivity contribution is 9.10. The van der Waals surface area contributed by atoms with Crippen LogP contribution in [0.3, 0.4) is 0 Å². The van der Waals surface area contributed by atoms with Crippen molar-refractivity contribution in [1.82, 2.24) is 0 Å². The molecule has 2 N–H and O–H groups in total. The Morgan fingerprint density at radius 3 is 2.67 bits per heavy atom. The highest BCUT2D eigenvalue weighted by atomic mass is 79.9. The Labute approximate surface area is 117 Å². The monoisotopic (exact) mass is 313 g/mol. The standard InChI is InChI=1S/C15H21BrFN/c16-13-7-6-12(15(17)10-13)9-14(18)8-11-4-2-1-3-5-11/h6-7,10-11,14H,1-5,8-9,18H2. The smallest absolute Gasteiger partial charge is 0.127 e. The van der Waals surface area contributed by atoms with Gasteiger partial charge in [-0.15, -0.1) is 0 Å². The highest BCUT2D eigenvalue weighted by Crippen LogP contribution is 2.28. The molecule has 1 nitrogen and oxygen atoms in total. The minimum Gasteiger partial charge on any atom is -0.327 e. The lowest BCUT2D eigenvalue weighted by atomic mass is 9.84. The zero-order valence-corrected chi connectivity index (χ0v) is 12.3.